The summed E-state index contributed by atoms with van der Waals surface area (Å²) in [5.41, 5.74) is 2.16. The maximum Gasteiger partial charge on any atom is 0.326 e. The number of likely N-dealkylation sites (N-methyl/N-ethyl adjacent to an activating group) is 1. The van der Waals surface area contributed by atoms with Crippen LogP contribution >= 0.6 is 0 Å². The third kappa shape index (κ3) is 1.16. The van der Waals surface area contributed by atoms with Crippen molar-refractivity contribution in [3.8, 4) is 0 Å². The van der Waals surface area contributed by atoms with Gasteiger partial charge in [0.05, 0.1) is 0 Å². The number of para-hydroxylation sites is 1. The number of anilines is 1. The van der Waals surface area contributed by atoms with Crippen LogP contribution in [0.4, 0.5) is 5.69 Å². The summed E-state index contributed by atoms with van der Waals surface area (Å²) in [4.78, 5) is 12.7. The van der Waals surface area contributed by atoms with Gasteiger partial charge in [0.2, 0.25) is 0 Å². The SMILES string of the molecule is CN1c2ccccc2C[C@@H]1C(=O)O. The van der Waals surface area contributed by atoms with Crippen molar-refractivity contribution in [2.75, 3.05) is 11.9 Å². The Labute approximate surface area is 76.6 Å². The standard InChI is InChI=1S/C10H11NO2/c1-11-8-5-3-2-4-7(8)6-9(11)10(12)13/h2-5,9H,6H2,1H3,(H,12,13)/t9-/m1/s1. The molecule has 1 aromatic carbocycles. The molecule has 3 nitrogen and oxygen atoms in total. The third-order valence-corrected chi connectivity index (χ3v) is 2.54. The zero-order valence-electron chi connectivity index (χ0n) is 7.40. The number of hydrogen-bond donors (Lipinski definition) is 1. The first-order valence-corrected chi connectivity index (χ1v) is 4.23. The zero-order valence-corrected chi connectivity index (χ0v) is 7.40. The lowest BCUT2D eigenvalue weighted by Crippen LogP contribution is -2.35. The lowest BCUT2D eigenvalue weighted by Gasteiger charge is -2.18. The molecule has 0 aliphatic carbocycles. The quantitative estimate of drug-likeness (QED) is 0.699. The molecule has 0 amide bonds. The molecule has 1 atom stereocenters. The Kier molecular flexibility index (Phi) is 1.72. The molecule has 0 aromatic heterocycles. The van der Waals surface area contributed by atoms with Crippen LogP contribution in [0, 0.1) is 0 Å². The molecule has 0 fully saturated rings. The van der Waals surface area contributed by atoms with Crippen LogP contribution in [0.15, 0.2) is 24.3 Å². The molecule has 68 valence electrons. The fourth-order valence-corrected chi connectivity index (χ4v) is 1.79. The highest BCUT2D eigenvalue weighted by atomic mass is 16.4. The van der Waals surface area contributed by atoms with E-state index in [1.807, 2.05) is 36.2 Å². The third-order valence-electron chi connectivity index (χ3n) is 2.54. The summed E-state index contributed by atoms with van der Waals surface area (Å²) in [6.07, 6.45) is 0.613. The summed E-state index contributed by atoms with van der Waals surface area (Å²) in [6.45, 7) is 0. The van der Waals surface area contributed by atoms with Gasteiger partial charge < -0.3 is 10.0 Å². The van der Waals surface area contributed by atoms with Gasteiger partial charge >= 0.3 is 5.97 Å². The van der Waals surface area contributed by atoms with E-state index in [0.717, 1.165) is 11.3 Å². The monoisotopic (exact) mass is 177 g/mol. The van der Waals surface area contributed by atoms with Crippen molar-refractivity contribution in [3.63, 3.8) is 0 Å². The van der Waals surface area contributed by atoms with Crippen molar-refractivity contribution in [2.24, 2.45) is 0 Å². The second-order valence-corrected chi connectivity index (χ2v) is 3.30. The van der Waals surface area contributed by atoms with Crippen molar-refractivity contribution in [3.05, 3.63) is 29.8 Å². The van der Waals surface area contributed by atoms with Crippen LogP contribution in [-0.4, -0.2) is 24.2 Å². The molecule has 1 aliphatic heterocycles. The minimum atomic E-state index is -0.751. The van der Waals surface area contributed by atoms with E-state index < -0.39 is 12.0 Å². The van der Waals surface area contributed by atoms with Crippen molar-refractivity contribution < 1.29 is 9.90 Å². The van der Waals surface area contributed by atoms with E-state index in [9.17, 15) is 4.79 Å². The average Bonchev–Trinajstić information content (AvgIpc) is 2.45. The van der Waals surface area contributed by atoms with Crippen molar-refractivity contribution in [2.45, 2.75) is 12.5 Å². The molecule has 3 heteroatoms. The summed E-state index contributed by atoms with van der Waals surface area (Å²) < 4.78 is 0. The van der Waals surface area contributed by atoms with E-state index in [1.54, 1.807) is 0 Å². The predicted molar refractivity (Wildman–Crippen MR) is 50.0 cm³/mol. The molecule has 13 heavy (non-hydrogen) atoms. The smallest absolute Gasteiger partial charge is 0.326 e. The first-order valence-electron chi connectivity index (χ1n) is 4.23. The molecule has 0 saturated heterocycles. The Morgan fingerprint density at radius 1 is 1.54 bits per heavy atom. The molecule has 1 N–H and O–H groups in total. The largest absolute Gasteiger partial charge is 0.480 e. The number of carbonyl (C=O) groups is 1. The van der Waals surface area contributed by atoms with Gasteiger partial charge in [0.1, 0.15) is 6.04 Å². The summed E-state index contributed by atoms with van der Waals surface area (Å²) in [5.74, 6) is -0.751. The second-order valence-electron chi connectivity index (χ2n) is 3.30. The van der Waals surface area contributed by atoms with Crippen LogP contribution in [0.2, 0.25) is 0 Å². The fourth-order valence-electron chi connectivity index (χ4n) is 1.79. The number of nitrogens with zero attached hydrogens (tertiary/aromatic N) is 1. The van der Waals surface area contributed by atoms with Gasteiger partial charge in [0.15, 0.2) is 0 Å². The highest BCUT2D eigenvalue weighted by molar-refractivity contribution is 5.82. The normalized spacial score (nSPS) is 20.1. The number of carboxylic acid groups (broad SMARTS) is 1. The van der Waals surface area contributed by atoms with E-state index >= 15 is 0 Å². The molecule has 0 bridgehead atoms. The highest BCUT2D eigenvalue weighted by Crippen LogP contribution is 2.30. The Bertz CT molecular complexity index is 349. The Hall–Kier alpha value is -1.51. The van der Waals surface area contributed by atoms with Crippen LogP contribution in [-0.2, 0) is 11.2 Å². The van der Waals surface area contributed by atoms with Crippen LogP contribution < -0.4 is 4.90 Å². The van der Waals surface area contributed by atoms with Gasteiger partial charge in [-0.1, -0.05) is 18.2 Å². The van der Waals surface area contributed by atoms with Crippen LogP contribution in [0.5, 0.6) is 0 Å². The lowest BCUT2D eigenvalue weighted by molar-refractivity contribution is -0.138. The van der Waals surface area contributed by atoms with Gasteiger partial charge in [0.25, 0.3) is 0 Å². The Balaban J connectivity index is 2.38. The lowest BCUT2D eigenvalue weighted by atomic mass is 10.1. The molecular weight excluding hydrogens is 166 g/mol. The number of rotatable bonds is 1. The van der Waals surface area contributed by atoms with Gasteiger partial charge in [0, 0.05) is 19.2 Å². The number of carboxylic acids is 1. The van der Waals surface area contributed by atoms with E-state index in [4.69, 9.17) is 5.11 Å². The van der Waals surface area contributed by atoms with Gasteiger partial charge in [-0.25, -0.2) is 4.79 Å². The van der Waals surface area contributed by atoms with E-state index in [-0.39, 0.29) is 0 Å². The summed E-state index contributed by atoms with van der Waals surface area (Å²) >= 11 is 0. The molecule has 0 saturated carbocycles. The van der Waals surface area contributed by atoms with Gasteiger partial charge in [-0.05, 0) is 11.6 Å². The molecule has 2 rings (SSSR count). The molecule has 1 aliphatic rings. The van der Waals surface area contributed by atoms with Crippen LogP contribution in [0.1, 0.15) is 5.56 Å². The maximum atomic E-state index is 10.8. The number of aliphatic carboxylic acids is 1. The number of fused-ring (bicyclic) bond motifs is 1. The van der Waals surface area contributed by atoms with Gasteiger partial charge in [-0.15, -0.1) is 0 Å². The van der Waals surface area contributed by atoms with E-state index in [0.29, 0.717) is 6.42 Å². The van der Waals surface area contributed by atoms with E-state index in [1.165, 1.54) is 0 Å². The van der Waals surface area contributed by atoms with Crippen molar-refractivity contribution in [1.29, 1.82) is 0 Å². The zero-order chi connectivity index (χ0) is 9.42. The fraction of sp³-hybridized carbons (Fsp3) is 0.300. The maximum absolute atomic E-state index is 10.8. The number of benzene rings is 1. The summed E-state index contributed by atoms with van der Waals surface area (Å²) in [6, 6.07) is 7.42. The Morgan fingerprint density at radius 3 is 2.85 bits per heavy atom. The minimum absolute atomic E-state index is 0.391. The molecule has 0 radical (unpaired) electrons. The van der Waals surface area contributed by atoms with Crippen molar-refractivity contribution >= 4 is 11.7 Å². The van der Waals surface area contributed by atoms with E-state index in [2.05, 4.69) is 0 Å². The highest BCUT2D eigenvalue weighted by Gasteiger charge is 2.31. The minimum Gasteiger partial charge on any atom is -0.480 e. The van der Waals surface area contributed by atoms with Crippen molar-refractivity contribution in [1.82, 2.24) is 0 Å². The van der Waals surface area contributed by atoms with Crippen LogP contribution in [0.3, 0.4) is 0 Å². The van der Waals surface area contributed by atoms with Crippen LogP contribution in [0.25, 0.3) is 0 Å². The number of hydrogen-bond acceptors (Lipinski definition) is 2. The molecule has 1 heterocycles. The van der Waals surface area contributed by atoms with Gasteiger partial charge in [-0.3, -0.25) is 0 Å². The summed E-state index contributed by atoms with van der Waals surface area (Å²) in [7, 11) is 1.82. The first-order chi connectivity index (χ1) is 6.20. The molecular formula is C10H11NO2. The average molecular weight is 177 g/mol. The molecule has 1 aromatic rings. The molecule has 0 spiro atoms. The molecule has 0 unspecified atom stereocenters. The first kappa shape index (κ1) is 8.10. The van der Waals surface area contributed by atoms with Gasteiger partial charge in [-0.2, -0.15) is 0 Å². The predicted octanol–water partition coefficient (Wildman–Crippen LogP) is 1.13. The Morgan fingerprint density at radius 2 is 2.23 bits per heavy atom. The second kappa shape index (κ2) is 2.76. The summed E-state index contributed by atoms with van der Waals surface area (Å²) in [5, 5.41) is 8.91. The topological polar surface area (TPSA) is 40.5 Å².